The summed E-state index contributed by atoms with van der Waals surface area (Å²) in [6, 6.07) is 12.5. The SMILES string of the molecule is CCN1CCN(c2ccc(N/C=C3/C(=O)Nc4ccc(F)cc43)cc2)CC1. The van der Waals surface area contributed by atoms with Crippen molar-refractivity contribution in [3.63, 3.8) is 0 Å². The van der Waals surface area contributed by atoms with Gasteiger partial charge in [-0.25, -0.2) is 4.39 Å². The van der Waals surface area contributed by atoms with Crippen molar-refractivity contribution in [1.29, 1.82) is 0 Å². The molecule has 0 aromatic heterocycles. The maximum absolute atomic E-state index is 13.5. The summed E-state index contributed by atoms with van der Waals surface area (Å²) in [6.07, 6.45) is 1.63. The fraction of sp³-hybridized carbons (Fsp3) is 0.286. The Morgan fingerprint density at radius 1 is 1.11 bits per heavy atom. The first-order valence-electron chi connectivity index (χ1n) is 9.29. The minimum Gasteiger partial charge on any atom is -0.369 e. The molecule has 2 N–H and O–H groups in total. The Bertz CT molecular complexity index is 870. The molecule has 1 saturated heterocycles. The summed E-state index contributed by atoms with van der Waals surface area (Å²) < 4.78 is 13.5. The maximum atomic E-state index is 13.5. The predicted octanol–water partition coefficient (Wildman–Crippen LogP) is 3.37. The molecule has 2 aliphatic heterocycles. The fourth-order valence-electron chi connectivity index (χ4n) is 3.55. The van der Waals surface area contributed by atoms with Gasteiger partial charge in [0.05, 0.1) is 5.57 Å². The minimum absolute atomic E-state index is 0.228. The summed E-state index contributed by atoms with van der Waals surface area (Å²) in [4.78, 5) is 17.0. The topological polar surface area (TPSA) is 47.6 Å². The second kappa shape index (κ2) is 7.40. The molecule has 0 spiro atoms. The number of halogens is 1. The fourth-order valence-corrected chi connectivity index (χ4v) is 3.55. The average Bonchev–Trinajstić information content (AvgIpc) is 3.01. The summed E-state index contributed by atoms with van der Waals surface area (Å²) >= 11 is 0. The van der Waals surface area contributed by atoms with Gasteiger partial charge in [0, 0.05) is 55.0 Å². The van der Waals surface area contributed by atoms with Gasteiger partial charge in [-0.3, -0.25) is 4.79 Å². The molecule has 1 amide bonds. The predicted molar refractivity (Wildman–Crippen MR) is 107 cm³/mol. The number of benzene rings is 2. The monoisotopic (exact) mass is 366 g/mol. The Morgan fingerprint density at radius 3 is 2.56 bits per heavy atom. The molecular formula is C21H23FN4O. The lowest BCUT2D eigenvalue weighted by Crippen LogP contribution is -2.46. The molecule has 140 valence electrons. The highest BCUT2D eigenvalue weighted by molar-refractivity contribution is 6.31. The molecule has 2 aromatic carbocycles. The highest BCUT2D eigenvalue weighted by Crippen LogP contribution is 2.32. The van der Waals surface area contributed by atoms with E-state index in [9.17, 15) is 9.18 Å². The third kappa shape index (κ3) is 3.66. The van der Waals surface area contributed by atoms with Gasteiger partial charge in [0.15, 0.2) is 0 Å². The zero-order chi connectivity index (χ0) is 18.8. The Balaban J connectivity index is 1.45. The number of rotatable bonds is 4. The molecule has 2 aliphatic rings. The van der Waals surface area contributed by atoms with E-state index in [-0.39, 0.29) is 11.7 Å². The second-order valence-electron chi connectivity index (χ2n) is 6.81. The zero-order valence-corrected chi connectivity index (χ0v) is 15.3. The summed E-state index contributed by atoms with van der Waals surface area (Å²) in [5.41, 5.74) is 3.74. The van der Waals surface area contributed by atoms with E-state index in [0.29, 0.717) is 16.8 Å². The average molecular weight is 366 g/mol. The molecule has 0 radical (unpaired) electrons. The first kappa shape index (κ1) is 17.5. The largest absolute Gasteiger partial charge is 0.369 e. The molecule has 0 aliphatic carbocycles. The number of carbonyl (C=O) groups excluding carboxylic acids is 1. The molecule has 27 heavy (non-hydrogen) atoms. The molecule has 0 atom stereocenters. The van der Waals surface area contributed by atoms with Crippen LogP contribution in [0.3, 0.4) is 0 Å². The Morgan fingerprint density at radius 2 is 1.85 bits per heavy atom. The third-order valence-electron chi connectivity index (χ3n) is 5.20. The van der Waals surface area contributed by atoms with E-state index >= 15 is 0 Å². The van der Waals surface area contributed by atoms with Crippen molar-refractivity contribution in [3.05, 3.63) is 60.0 Å². The highest BCUT2D eigenvalue weighted by Gasteiger charge is 2.24. The van der Waals surface area contributed by atoms with Gasteiger partial charge < -0.3 is 20.4 Å². The first-order chi connectivity index (χ1) is 13.1. The minimum atomic E-state index is -0.358. The number of hydrogen-bond donors (Lipinski definition) is 2. The molecule has 4 rings (SSSR count). The van der Waals surface area contributed by atoms with E-state index in [1.165, 1.54) is 17.8 Å². The number of nitrogens with zero attached hydrogens (tertiary/aromatic N) is 2. The molecule has 0 saturated carbocycles. The van der Waals surface area contributed by atoms with E-state index < -0.39 is 0 Å². The van der Waals surface area contributed by atoms with E-state index in [2.05, 4.69) is 39.5 Å². The summed E-state index contributed by atoms with van der Waals surface area (Å²) in [7, 11) is 0. The zero-order valence-electron chi connectivity index (χ0n) is 15.3. The lowest BCUT2D eigenvalue weighted by Gasteiger charge is -2.35. The van der Waals surface area contributed by atoms with E-state index in [4.69, 9.17) is 0 Å². The van der Waals surface area contributed by atoms with Gasteiger partial charge in [-0.2, -0.15) is 0 Å². The van der Waals surface area contributed by atoms with Gasteiger partial charge >= 0.3 is 0 Å². The Labute approximate surface area is 158 Å². The van der Waals surface area contributed by atoms with Gasteiger partial charge in [-0.1, -0.05) is 6.92 Å². The van der Waals surface area contributed by atoms with Crippen LogP contribution in [0.1, 0.15) is 12.5 Å². The number of carbonyl (C=O) groups is 1. The van der Waals surface area contributed by atoms with Gasteiger partial charge in [-0.05, 0) is 49.0 Å². The quantitative estimate of drug-likeness (QED) is 0.815. The van der Waals surface area contributed by atoms with Crippen LogP contribution in [-0.2, 0) is 4.79 Å². The number of amides is 1. The van der Waals surface area contributed by atoms with Crippen LogP contribution in [0.15, 0.2) is 48.7 Å². The Hall–Kier alpha value is -2.86. The van der Waals surface area contributed by atoms with Gasteiger partial charge in [-0.15, -0.1) is 0 Å². The molecule has 1 fully saturated rings. The molecule has 2 heterocycles. The van der Waals surface area contributed by atoms with Crippen molar-refractivity contribution in [1.82, 2.24) is 4.90 Å². The van der Waals surface area contributed by atoms with Crippen molar-refractivity contribution in [2.75, 3.05) is 48.3 Å². The van der Waals surface area contributed by atoms with E-state index in [1.54, 1.807) is 12.3 Å². The van der Waals surface area contributed by atoms with E-state index in [1.807, 2.05) is 12.1 Å². The molecule has 0 bridgehead atoms. The summed E-state index contributed by atoms with van der Waals surface area (Å²) in [5.74, 6) is -0.586. The van der Waals surface area contributed by atoms with Crippen LogP contribution < -0.4 is 15.5 Å². The second-order valence-corrected chi connectivity index (χ2v) is 6.81. The van der Waals surface area contributed by atoms with Crippen LogP contribution in [-0.4, -0.2) is 43.5 Å². The normalized spacial score (nSPS) is 18.5. The van der Waals surface area contributed by atoms with Crippen LogP contribution in [0.5, 0.6) is 0 Å². The standard InChI is InChI=1S/C21H23FN4O/c1-2-25-9-11-26(12-10-25)17-6-4-16(5-7-17)23-14-19-18-13-15(22)3-8-20(18)24-21(19)27/h3-8,13-14,23H,2,9-12H2,1H3,(H,24,27)/b19-14+. The van der Waals surface area contributed by atoms with E-state index in [0.717, 1.165) is 38.4 Å². The number of likely N-dealkylation sites (N-methyl/N-ethyl adjacent to an activating group) is 1. The Kier molecular flexibility index (Phi) is 4.81. The van der Waals surface area contributed by atoms with Crippen molar-refractivity contribution in [2.24, 2.45) is 0 Å². The number of anilines is 3. The summed E-state index contributed by atoms with van der Waals surface area (Å²) in [5, 5.41) is 5.90. The number of nitrogens with one attached hydrogen (secondary N) is 2. The first-order valence-corrected chi connectivity index (χ1v) is 9.29. The van der Waals surface area contributed by atoms with Crippen molar-refractivity contribution in [3.8, 4) is 0 Å². The van der Waals surface area contributed by atoms with Crippen molar-refractivity contribution < 1.29 is 9.18 Å². The van der Waals surface area contributed by atoms with Crippen LogP contribution in [0, 0.1) is 5.82 Å². The third-order valence-corrected chi connectivity index (χ3v) is 5.20. The maximum Gasteiger partial charge on any atom is 0.257 e. The van der Waals surface area contributed by atoms with Crippen molar-refractivity contribution >= 4 is 28.5 Å². The lowest BCUT2D eigenvalue weighted by molar-refractivity contribution is -0.110. The number of piperazine rings is 1. The lowest BCUT2D eigenvalue weighted by atomic mass is 10.1. The van der Waals surface area contributed by atoms with Gasteiger partial charge in [0.2, 0.25) is 0 Å². The van der Waals surface area contributed by atoms with Gasteiger partial charge in [0.1, 0.15) is 5.82 Å². The summed E-state index contributed by atoms with van der Waals surface area (Å²) in [6.45, 7) is 7.55. The number of hydrogen-bond acceptors (Lipinski definition) is 4. The molecular weight excluding hydrogens is 343 g/mol. The highest BCUT2D eigenvalue weighted by atomic mass is 19.1. The van der Waals surface area contributed by atoms with Crippen molar-refractivity contribution in [2.45, 2.75) is 6.92 Å². The molecule has 6 heteroatoms. The van der Waals surface area contributed by atoms with Crippen LogP contribution in [0.25, 0.3) is 5.57 Å². The van der Waals surface area contributed by atoms with Crippen LogP contribution in [0.2, 0.25) is 0 Å². The van der Waals surface area contributed by atoms with Crippen LogP contribution in [0.4, 0.5) is 21.5 Å². The molecule has 2 aromatic rings. The number of fused-ring (bicyclic) bond motifs is 1. The van der Waals surface area contributed by atoms with Gasteiger partial charge in [0.25, 0.3) is 5.91 Å². The smallest absolute Gasteiger partial charge is 0.257 e. The molecule has 5 nitrogen and oxygen atoms in total. The van der Waals surface area contributed by atoms with Crippen LogP contribution >= 0.6 is 0 Å². The molecule has 0 unspecified atom stereocenters.